The highest BCUT2D eigenvalue weighted by molar-refractivity contribution is 9.10. The van der Waals surface area contributed by atoms with Gasteiger partial charge in [0.1, 0.15) is 6.07 Å². The van der Waals surface area contributed by atoms with Crippen molar-refractivity contribution in [2.45, 2.75) is 38.4 Å². The van der Waals surface area contributed by atoms with Crippen LogP contribution in [0.4, 0.5) is 19.0 Å². The normalized spacial score (nSPS) is 16.5. The molecule has 1 saturated heterocycles. The van der Waals surface area contributed by atoms with E-state index in [0.29, 0.717) is 28.3 Å². The van der Waals surface area contributed by atoms with Crippen LogP contribution >= 0.6 is 15.9 Å². The first-order chi connectivity index (χ1) is 19.0. The van der Waals surface area contributed by atoms with Gasteiger partial charge >= 0.3 is 12.1 Å². The van der Waals surface area contributed by atoms with Crippen LogP contribution in [0.3, 0.4) is 0 Å². The van der Waals surface area contributed by atoms with Gasteiger partial charge in [-0.15, -0.1) is 0 Å². The fourth-order valence-electron chi connectivity index (χ4n) is 4.50. The Hall–Kier alpha value is -3.28. The predicted octanol–water partition coefficient (Wildman–Crippen LogP) is 3.83. The predicted molar refractivity (Wildman–Crippen MR) is 144 cm³/mol. The number of benzene rings is 1. The Morgan fingerprint density at radius 3 is 2.48 bits per heavy atom. The summed E-state index contributed by atoms with van der Waals surface area (Å²) < 4.78 is 32.4. The number of aromatic nitrogens is 2. The van der Waals surface area contributed by atoms with E-state index in [9.17, 15) is 23.2 Å². The summed E-state index contributed by atoms with van der Waals surface area (Å²) in [5, 5.41) is 18.2. The molecule has 0 spiro atoms. The second-order valence-electron chi connectivity index (χ2n) is 9.76. The summed E-state index contributed by atoms with van der Waals surface area (Å²) in [5.41, 5.74) is 4.79. The number of alkyl halides is 3. The van der Waals surface area contributed by atoms with E-state index in [2.05, 4.69) is 54.2 Å². The van der Waals surface area contributed by atoms with E-state index < -0.39 is 12.1 Å². The number of nitriles is 1. The molecular weight excluding hydrogens is 595 g/mol. The molecule has 1 aliphatic heterocycles. The minimum Gasteiger partial charge on any atom is -0.475 e. The summed E-state index contributed by atoms with van der Waals surface area (Å²) >= 11 is 3.49. The van der Waals surface area contributed by atoms with Gasteiger partial charge in [0.25, 0.3) is 5.91 Å². The third kappa shape index (κ3) is 9.42. The van der Waals surface area contributed by atoms with Crippen molar-refractivity contribution in [3.8, 4) is 6.07 Å². The van der Waals surface area contributed by atoms with Crippen molar-refractivity contribution in [1.82, 2.24) is 25.2 Å². The van der Waals surface area contributed by atoms with Crippen molar-refractivity contribution in [2.24, 2.45) is 5.92 Å². The van der Waals surface area contributed by atoms with Crippen LogP contribution in [-0.4, -0.2) is 82.7 Å². The molecule has 0 radical (unpaired) electrons. The third-order valence-corrected chi connectivity index (χ3v) is 7.23. The highest BCUT2D eigenvalue weighted by Crippen LogP contribution is 2.29. The van der Waals surface area contributed by atoms with Crippen molar-refractivity contribution in [3.05, 3.63) is 51.9 Å². The van der Waals surface area contributed by atoms with E-state index in [4.69, 9.17) is 9.90 Å². The third-order valence-electron chi connectivity index (χ3n) is 6.67. The van der Waals surface area contributed by atoms with E-state index in [-0.39, 0.29) is 11.7 Å². The number of anilines is 1. The average Bonchev–Trinajstić information content (AvgIpc) is 3.43. The molecule has 1 aromatic heterocycles. The minimum atomic E-state index is -5.08. The van der Waals surface area contributed by atoms with E-state index >= 15 is 0 Å². The Labute approximate surface area is 238 Å². The number of nitrogens with zero attached hydrogens (tertiary/aromatic N) is 6. The van der Waals surface area contributed by atoms with Gasteiger partial charge in [-0.1, -0.05) is 25.0 Å². The number of amides is 1. The molecule has 2 aliphatic rings. The lowest BCUT2D eigenvalue weighted by Gasteiger charge is -2.32. The maximum Gasteiger partial charge on any atom is 0.490 e. The molecule has 40 heavy (non-hydrogen) atoms. The molecule has 14 heteroatoms. The van der Waals surface area contributed by atoms with Gasteiger partial charge in [-0.2, -0.15) is 23.4 Å². The number of hydrogen-bond donors (Lipinski definition) is 2. The molecule has 2 fully saturated rings. The monoisotopic (exact) mass is 625 g/mol. The molecule has 1 saturated carbocycles. The van der Waals surface area contributed by atoms with Crippen LogP contribution in [0.1, 0.15) is 47.4 Å². The van der Waals surface area contributed by atoms with Crippen LogP contribution < -0.4 is 10.4 Å². The van der Waals surface area contributed by atoms with Gasteiger partial charge < -0.3 is 10.0 Å². The van der Waals surface area contributed by atoms with Gasteiger partial charge in [0.15, 0.2) is 5.82 Å². The average molecular weight is 626 g/mol. The number of nitrogens with one attached hydrogen (secondary N) is 1. The van der Waals surface area contributed by atoms with Crippen molar-refractivity contribution in [3.63, 3.8) is 0 Å². The molecule has 0 bridgehead atoms. The number of carboxylic acids is 1. The molecule has 1 aromatic carbocycles. The second-order valence-corrected chi connectivity index (χ2v) is 10.6. The van der Waals surface area contributed by atoms with Gasteiger partial charge in [-0.3, -0.25) is 20.1 Å². The zero-order valence-corrected chi connectivity index (χ0v) is 23.6. The smallest absolute Gasteiger partial charge is 0.475 e. The van der Waals surface area contributed by atoms with Crippen LogP contribution in [0.5, 0.6) is 0 Å². The number of likely N-dealkylation sites (N-methyl/N-ethyl adjacent to an activating group) is 1. The molecular formula is C26H31BrF3N7O3. The summed E-state index contributed by atoms with van der Waals surface area (Å²) in [5.74, 6) is -1.88. The summed E-state index contributed by atoms with van der Waals surface area (Å²) in [6.07, 6.45) is 1.14. The fourth-order valence-corrected chi connectivity index (χ4v) is 4.90. The number of hydrogen-bond acceptors (Lipinski definition) is 8. The lowest BCUT2D eigenvalue weighted by molar-refractivity contribution is -0.192. The van der Waals surface area contributed by atoms with Gasteiger partial charge in [0, 0.05) is 51.0 Å². The Kier molecular flexibility index (Phi) is 11.2. The first kappa shape index (κ1) is 31.3. The Morgan fingerprint density at radius 2 is 1.88 bits per heavy atom. The van der Waals surface area contributed by atoms with Crippen molar-refractivity contribution < 1.29 is 27.9 Å². The lowest BCUT2D eigenvalue weighted by atomic mass is 10.1. The molecule has 216 valence electrons. The molecule has 0 unspecified atom stereocenters. The Morgan fingerprint density at radius 1 is 1.23 bits per heavy atom. The highest BCUT2D eigenvalue weighted by atomic mass is 79.9. The van der Waals surface area contributed by atoms with Crippen molar-refractivity contribution >= 4 is 33.6 Å². The van der Waals surface area contributed by atoms with E-state index in [0.717, 1.165) is 51.1 Å². The molecule has 1 aliphatic carbocycles. The molecule has 2 aromatic rings. The largest absolute Gasteiger partial charge is 0.490 e. The van der Waals surface area contributed by atoms with E-state index in [1.165, 1.54) is 12.8 Å². The maximum atomic E-state index is 13.3. The molecule has 10 nitrogen and oxygen atoms in total. The molecule has 1 amide bonds. The minimum absolute atomic E-state index is 0.0769. The number of carbonyl (C=O) groups excluding carboxylic acids is 1. The molecule has 0 atom stereocenters. The highest BCUT2D eigenvalue weighted by Gasteiger charge is 2.38. The quantitative estimate of drug-likeness (QED) is 0.441. The van der Waals surface area contributed by atoms with Crippen molar-refractivity contribution in [1.29, 1.82) is 5.26 Å². The number of piperazine rings is 1. The summed E-state index contributed by atoms with van der Waals surface area (Å²) in [4.78, 5) is 35.3. The van der Waals surface area contributed by atoms with Crippen molar-refractivity contribution in [2.75, 3.05) is 44.8 Å². The summed E-state index contributed by atoms with van der Waals surface area (Å²) in [7, 11) is 2.15. The Balaban J connectivity index is 0.000000559. The van der Waals surface area contributed by atoms with Crippen LogP contribution in [-0.2, 0) is 11.3 Å². The number of aliphatic carboxylic acids is 1. The summed E-state index contributed by atoms with van der Waals surface area (Å²) in [6.45, 7) is 5.68. The molecule has 2 heterocycles. The van der Waals surface area contributed by atoms with E-state index in [1.54, 1.807) is 11.2 Å². The molecule has 4 rings (SSSR count). The SMILES string of the molecule is CN1CCN(Cc2cccc(C(=O)NN(CC3CCCC3)c3nc(C#N)ncc3Br)c2)CC1.O=C(O)C(F)(F)F. The number of carboxylic acid groups (broad SMARTS) is 1. The zero-order chi connectivity index (χ0) is 29.3. The van der Waals surface area contributed by atoms with Gasteiger partial charge in [-0.25, -0.2) is 9.78 Å². The maximum absolute atomic E-state index is 13.3. The van der Waals surface area contributed by atoms with Crippen LogP contribution in [0.25, 0.3) is 0 Å². The number of carbonyl (C=O) groups is 2. The van der Waals surface area contributed by atoms with Crippen LogP contribution in [0.15, 0.2) is 34.9 Å². The van der Waals surface area contributed by atoms with Gasteiger partial charge in [-0.05, 0) is 59.4 Å². The zero-order valence-electron chi connectivity index (χ0n) is 22.0. The second kappa shape index (κ2) is 14.4. The Bertz CT molecular complexity index is 1210. The van der Waals surface area contributed by atoms with Crippen LogP contribution in [0, 0.1) is 17.2 Å². The molecule has 2 N–H and O–H groups in total. The topological polar surface area (TPSA) is 126 Å². The standard InChI is InChI=1S/C24H30BrN7O.C2HF3O2/c1-30-9-11-31(12-10-30)16-19-7-4-8-20(13-19)24(33)29-32(17-18-5-2-3-6-18)23-21(25)15-27-22(14-26)28-23;3-2(4,5)1(6)7/h4,7-8,13,15,18H,2-3,5-6,9-12,16-17H2,1H3,(H,29,33);(H,6,7). The first-order valence-corrected chi connectivity index (χ1v) is 13.6. The number of hydrazine groups is 1. The van der Waals surface area contributed by atoms with Gasteiger partial charge in [0.05, 0.1) is 4.47 Å². The van der Waals surface area contributed by atoms with E-state index in [1.807, 2.05) is 24.3 Å². The van der Waals surface area contributed by atoms with Crippen LogP contribution in [0.2, 0.25) is 0 Å². The lowest BCUT2D eigenvalue weighted by Crippen LogP contribution is -2.45. The number of halogens is 4. The summed E-state index contributed by atoms with van der Waals surface area (Å²) in [6, 6.07) is 9.81. The fraction of sp³-hybridized carbons (Fsp3) is 0.500. The number of rotatable bonds is 7. The van der Waals surface area contributed by atoms with Gasteiger partial charge in [0.2, 0.25) is 5.82 Å². The first-order valence-electron chi connectivity index (χ1n) is 12.8.